The molecule has 2 N–H and O–H groups in total. The van der Waals surface area contributed by atoms with Gasteiger partial charge in [0.2, 0.25) is 0 Å². The van der Waals surface area contributed by atoms with Gasteiger partial charge in [-0.3, -0.25) is 9.59 Å². The lowest BCUT2D eigenvalue weighted by molar-refractivity contribution is 0.0910. The largest absolute Gasteiger partial charge is 0.491 e. The minimum atomic E-state index is -0.203. The Labute approximate surface area is 135 Å². The number of para-hydroxylation sites is 1. The minimum Gasteiger partial charge on any atom is -0.491 e. The molecule has 0 aliphatic carbocycles. The number of hydrogen-bond donors (Lipinski definition) is 2. The third-order valence-electron chi connectivity index (χ3n) is 4.23. The van der Waals surface area contributed by atoms with E-state index >= 15 is 0 Å². The Morgan fingerprint density at radius 1 is 1.26 bits per heavy atom. The molecule has 0 fully saturated rings. The molecule has 5 nitrogen and oxygen atoms in total. The van der Waals surface area contributed by atoms with E-state index in [0.717, 1.165) is 23.4 Å². The van der Waals surface area contributed by atoms with Crippen molar-refractivity contribution in [1.29, 1.82) is 0 Å². The number of rotatable bonds is 3. The monoisotopic (exact) mass is 312 g/mol. The maximum atomic E-state index is 12.5. The standard InChI is InChI=1S/C18H20N2O3/c1-10-16(12(3)21)11(2)19-17(10)18(22)20-14-8-13-6-4-5-7-15(13)23-9-14/h4-7,14,19H,8-9H2,1-3H3,(H,20,22). The van der Waals surface area contributed by atoms with Crippen LogP contribution in [0.25, 0.3) is 0 Å². The summed E-state index contributed by atoms with van der Waals surface area (Å²) in [6.45, 7) is 5.56. The van der Waals surface area contributed by atoms with Crippen molar-refractivity contribution in [1.82, 2.24) is 10.3 Å². The maximum Gasteiger partial charge on any atom is 0.268 e. The van der Waals surface area contributed by atoms with Crippen LogP contribution in [-0.2, 0) is 6.42 Å². The van der Waals surface area contributed by atoms with E-state index < -0.39 is 0 Å². The fraction of sp³-hybridized carbons (Fsp3) is 0.333. The number of fused-ring (bicyclic) bond motifs is 1. The molecule has 0 saturated heterocycles. The molecule has 2 aromatic rings. The second-order valence-corrected chi connectivity index (χ2v) is 5.97. The van der Waals surface area contributed by atoms with Crippen molar-refractivity contribution in [3.05, 3.63) is 52.3 Å². The Hall–Kier alpha value is -2.56. The highest BCUT2D eigenvalue weighted by atomic mass is 16.5. The van der Waals surface area contributed by atoms with E-state index in [4.69, 9.17) is 4.74 Å². The Morgan fingerprint density at radius 3 is 2.70 bits per heavy atom. The lowest BCUT2D eigenvalue weighted by atomic mass is 10.0. The van der Waals surface area contributed by atoms with Crippen LogP contribution in [0, 0.1) is 13.8 Å². The van der Waals surface area contributed by atoms with Gasteiger partial charge in [-0.25, -0.2) is 0 Å². The first-order valence-electron chi connectivity index (χ1n) is 7.69. The third kappa shape index (κ3) is 2.86. The number of aromatic amines is 1. The molecule has 1 unspecified atom stereocenters. The second kappa shape index (κ2) is 5.91. The molecular weight excluding hydrogens is 292 g/mol. The van der Waals surface area contributed by atoms with Gasteiger partial charge in [-0.1, -0.05) is 18.2 Å². The molecule has 120 valence electrons. The van der Waals surface area contributed by atoms with Gasteiger partial charge >= 0.3 is 0 Å². The van der Waals surface area contributed by atoms with Crippen molar-refractivity contribution >= 4 is 11.7 Å². The van der Waals surface area contributed by atoms with E-state index in [1.54, 1.807) is 13.8 Å². The van der Waals surface area contributed by atoms with Gasteiger partial charge in [0, 0.05) is 11.3 Å². The van der Waals surface area contributed by atoms with Crippen molar-refractivity contribution in [2.75, 3.05) is 6.61 Å². The van der Waals surface area contributed by atoms with Crippen LogP contribution < -0.4 is 10.1 Å². The predicted octanol–water partition coefficient (Wildman–Crippen LogP) is 2.57. The fourth-order valence-electron chi connectivity index (χ4n) is 3.18. The van der Waals surface area contributed by atoms with Gasteiger partial charge in [-0.15, -0.1) is 0 Å². The number of H-pyrrole nitrogens is 1. The summed E-state index contributed by atoms with van der Waals surface area (Å²) in [5, 5.41) is 2.99. The summed E-state index contributed by atoms with van der Waals surface area (Å²) in [6, 6.07) is 7.76. The van der Waals surface area contributed by atoms with Gasteiger partial charge in [0.15, 0.2) is 5.78 Å². The summed E-state index contributed by atoms with van der Waals surface area (Å²) in [6.07, 6.45) is 0.736. The number of hydrogen-bond acceptors (Lipinski definition) is 3. The SMILES string of the molecule is CC(=O)c1c(C)[nH]c(C(=O)NC2COc3ccccc3C2)c1C. The maximum absolute atomic E-state index is 12.5. The summed E-state index contributed by atoms with van der Waals surface area (Å²) in [5.74, 6) is 0.639. The second-order valence-electron chi connectivity index (χ2n) is 5.97. The molecule has 0 bridgehead atoms. The topological polar surface area (TPSA) is 71.2 Å². The van der Waals surface area contributed by atoms with Gasteiger partial charge in [0.05, 0.1) is 6.04 Å². The summed E-state index contributed by atoms with van der Waals surface area (Å²) in [5.41, 5.74) is 3.56. The highest BCUT2D eigenvalue weighted by molar-refractivity contribution is 6.02. The third-order valence-corrected chi connectivity index (χ3v) is 4.23. The first-order chi connectivity index (χ1) is 11.0. The highest BCUT2D eigenvalue weighted by Crippen LogP contribution is 2.24. The molecule has 1 aromatic heterocycles. The number of carbonyl (C=O) groups is 2. The molecule has 1 aromatic carbocycles. The van der Waals surface area contributed by atoms with Crippen molar-refractivity contribution < 1.29 is 14.3 Å². The molecule has 0 spiro atoms. The fourth-order valence-corrected chi connectivity index (χ4v) is 3.18. The van der Waals surface area contributed by atoms with Crippen molar-refractivity contribution in [3.8, 4) is 5.75 Å². The lowest BCUT2D eigenvalue weighted by Gasteiger charge is -2.26. The molecule has 1 amide bonds. The van der Waals surface area contributed by atoms with Crippen LogP contribution in [0.5, 0.6) is 5.75 Å². The molecule has 1 aliphatic rings. The Kier molecular flexibility index (Phi) is 3.94. The molecule has 0 saturated carbocycles. The van der Waals surface area contributed by atoms with Crippen LogP contribution in [0.3, 0.4) is 0 Å². The average molecular weight is 312 g/mol. The minimum absolute atomic E-state index is 0.0368. The van der Waals surface area contributed by atoms with Gasteiger partial charge < -0.3 is 15.0 Å². The molecule has 23 heavy (non-hydrogen) atoms. The van der Waals surface area contributed by atoms with Crippen LogP contribution >= 0.6 is 0 Å². The van der Waals surface area contributed by atoms with Crippen LogP contribution in [0.1, 0.15) is 44.6 Å². The molecule has 3 rings (SSSR count). The Bertz CT molecular complexity index is 777. The Morgan fingerprint density at radius 2 is 2.00 bits per heavy atom. The average Bonchev–Trinajstić information content (AvgIpc) is 2.82. The van der Waals surface area contributed by atoms with Gasteiger partial charge in [-0.05, 0) is 44.4 Å². The number of amides is 1. The van der Waals surface area contributed by atoms with E-state index in [1.165, 1.54) is 6.92 Å². The van der Waals surface area contributed by atoms with Crippen LogP contribution in [-0.4, -0.2) is 29.3 Å². The number of ether oxygens (including phenoxy) is 1. The van der Waals surface area contributed by atoms with Crippen molar-refractivity contribution in [3.63, 3.8) is 0 Å². The lowest BCUT2D eigenvalue weighted by Crippen LogP contribution is -2.43. The Balaban J connectivity index is 1.76. The predicted molar refractivity (Wildman–Crippen MR) is 87.2 cm³/mol. The van der Waals surface area contributed by atoms with Crippen LogP contribution in [0.15, 0.2) is 24.3 Å². The summed E-state index contributed by atoms with van der Waals surface area (Å²) in [7, 11) is 0. The van der Waals surface area contributed by atoms with Crippen molar-refractivity contribution in [2.24, 2.45) is 0 Å². The van der Waals surface area contributed by atoms with Crippen molar-refractivity contribution in [2.45, 2.75) is 33.2 Å². The number of aryl methyl sites for hydroxylation is 1. The first-order valence-corrected chi connectivity index (χ1v) is 7.69. The number of benzene rings is 1. The zero-order valence-corrected chi connectivity index (χ0v) is 13.5. The summed E-state index contributed by atoms with van der Waals surface area (Å²) >= 11 is 0. The van der Waals surface area contributed by atoms with E-state index in [0.29, 0.717) is 23.4 Å². The van der Waals surface area contributed by atoms with E-state index in [1.807, 2.05) is 24.3 Å². The van der Waals surface area contributed by atoms with Gasteiger partial charge in [0.25, 0.3) is 5.91 Å². The molecule has 2 heterocycles. The first kappa shape index (κ1) is 15.3. The van der Waals surface area contributed by atoms with Gasteiger partial charge in [0.1, 0.15) is 18.1 Å². The van der Waals surface area contributed by atoms with E-state index in [-0.39, 0.29) is 17.7 Å². The van der Waals surface area contributed by atoms with Gasteiger partial charge in [-0.2, -0.15) is 0 Å². The number of carbonyl (C=O) groups excluding carboxylic acids is 2. The summed E-state index contributed by atoms with van der Waals surface area (Å²) in [4.78, 5) is 27.2. The molecular formula is C18H20N2O3. The smallest absolute Gasteiger partial charge is 0.268 e. The number of aromatic nitrogens is 1. The molecule has 0 radical (unpaired) electrons. The zero-order valence-electron chi connectivity index (χ0n) is 13.5. The molecule has 5 heteroatoms. The zero-order chi connectivity index (χ0) is 16.6. The van der Waals surface area contributed by atoms with E-state index in [2.05, 4.69) is 10.3 Å². The van der Waals surface area contributed by atoms with Crippen LogP contribution in [0.4, 0.5) is 0 Å². The van der Waals surface area contributed by atoms with E-state index in [9.17, 15) is 9.59 Å². The summed E-state index contributed by atoms with van der Waals surface area (Å²) < 4.78 is 5.69. The highest BCUT2D eigenvalue weighted by Gasteiger charge is 2.24. The molecule has 1 aliphatic heterocycles. The van der Waals surface area contributed by atoms with Crippen LogP contribution in [0.2, 0.25) is 0 Å². The molecule has 1 atom stereocenters. The number of ketones is 1. The normalized spacial score (nSPS) is 16.4. The quantitative estimate of drug-likeness (QED) is 0.856. The number of Topliss-reactive ketones (excluding diaryl/α,β-unsaturated/α-hetero) is 1. The number of nitrogens with one attached hydrogen (secondary N) is 2.